The Bertz CT molecular complexity index is 439. The van der Waals surface area contributed by atoms with Crippen LogP contribution in [-0.4, -0.2) is 20.4 Å². The first-order valence-electron chi connectivity index (χ1n) is 4.64. The van der Waals surface area contributed by atoms with Crippen molar-refractivity contribution in [2.45, 2.75) is 30.8 Å². The van der Waals surface area contributed by atoms with Gasteiger partial charge in [0.05, 0.1) is 16.5 Å². The SMILES string of the molecule is CS(=O)c1nc2c(c(=O)[nH]1)CCCC2. The van der Waals surface area contributed by atoms with E-state index in [1.165, 1.54) is 6.26 Å². The Morgan fingerprint density at radius 2 is 2.07 bits per heavy atom. The highest BCUT2D eigenvalue weighted by Gasteiger charge is 2.16. The van der Waals surface area contributed by atoms with Crippen LogP contribution in [0.3, 0.4) is 0 Å². The molecule has 0 amide bonds. The zero-order chi connectivity index (χ0) is 10.1. The Morgan fingerprint density at radius 1 is 1.36 bits per heavy atom. The number of aryl methyl sites for hydroxylation is 1. The number of hydrogen-bond donors (Lipinski definition) is 1. The molecule has 0 fully saturated rings. The number of hydrogen-bond acceptors (Lipinski definition) is 3. The average molecular weight is 212 g/mol. The molecule has 1 aliphatic rings. The monoisotopic (exact) mass is 212 g/mol. The molecule has 0 spiro atoms. The van der Waals surface area contributed by atoms with Crippen molar-refractivity contribution >= 4 is 10.8 Å². The molecule has 14 heavy (non-hydrogen) atoms. The Morgan fingerprint density at radius 3 is 2.79 bits per heavy atom. The molecule has 0 aliphatic heterocycles. The van der Waals surface area contributed by atoms with Gasteiger partial charge in [-0.15, -0.1) is 0 Å². The van der Waals surface area contributed by atoms with Crippen molar-refractivity contribution in [3.05, 3.63) is 21.6 Å². The van der Waals surface area contributed by atoms with E-state index >= 15 is 0 Å². The van der Waals surface area contributed by atoms with Crippen LogP contribution in [0.15, 0.2) is 9.95 Å². The predicted molar refractivity (Wildman–Crippen MR) is 53.8 cm³/mol. The highest BCUT2D eigenvalue weighted by atomic mass is 32.2. The summed E-state index contributed by atoms with van der Waals surface area (Å²) in [4.78, 5) is 18.3. The smallest absolute Gasteiger partial charge is 0.255 e. The van der Waals surface area contributed by atoms with Crippen LogP contribution in [0.25, 0.3) is 0 Å². The normalized spacial score (nSPS) is 17.5. The standard InChI is InChI=1S/C9H12N2O2S/c1-14(13)9-10-7-5-3-2-4-6(7)8(12)11-9/h2-5H2,1H3,(H,10,11,12). The molecule has 1 heterocycles. The lowest BCUT2D eigenvalue weighted by Gasteiger charge is -2.13. The number of fused-ring (bicyclic) bond motifs is 1. The second-order valence-corrected chi connectivity index (χ2v) is 4.75. The molecule has 1 aliphatic carbocycles. The van der Waals surface area contributed by atoms with Crippen molar-refractivity contribution in [3.8, 4) is 0 Å². The van der Waals surface area contributed by atoms with Crippen molar-refractivity contribution in [3.63, 3.8) is 0 Å². The van der Waals surface area contributed by atoms with Gasteiger partial charge in [-0.3, -0.25) is 14.0 Å². The van der Waals surface area contributed by atoms with Crippen LogP contribution in [0.4, 0.5) is 0 Å². The molecule has 1 atom stereocenters. The highest BCUT2D eigenvalue weighted by molar-refractivity contribution is 7.84. The van der Waals surface area contributed by atoms with Gasteiger partial charge in [0.25, 0.3) is 5.56 Å². The molecule has 2 rings (SSSR count). The molecular formula is C9H12N2O2S. The summed E-state index contributed by atoms with van der Waals surface area (Å²) in [5, 5.41) is 0.302. The summed E-state index contributed by atoms with van der Waals surface area (Å²) < 4.78 is 11.2. The van der Waals surface area contributed by atoms with Crippen LogP contribution in [0, 0.1) is 0 Å². The largest absolute Gasteiger partial charge is 0.299 e. The molecule has 1 aromatic heterocycles. The van der Waals surface area contributed by atoms with E-state index in [0.717, 1.165) is 36.9 Å². The fourth-order valence-corrected chi connectivity index (χ4v) is 2.19. The van der Waals surface area contributed by atoms with Crippen LogP contribution in [-0.2, 0) is 23.6 Å². The van der Waals surface area contributed by atoms with Crippen LogP contribution in [0.2, 0.25) is 0 Å². The predicted octanol–water partition coefficient (Wildman–Crippen LogP) is 0.386. The van der Waals surface area contributed by atoms with Gasteiger partial charge in [-0.1, -0.05) is 0 Å². The summed E-state index contributed by atoms with van der Waals surface area (Å²) in [7, 11) is -1.20. The van der Waals surface area contributed by atoms with Crippen molar-refractivity contribution in [1.82, 2.24) is 9.97 Å². The first-order chi connectivity index (χ1) is 6.68. The minimum atomic E-state index is -1.20. The van der Waals surface area contributed by atoms with Crippen LogP contribution < -0.4 is 5.56 Å². The maximum atomic E-state index is 11.6. The summed E-state index contributed by atoms with van der Waals surface area (Å²) in [6.45, 7) is 0. The lowest BCUT2D eigenvalue weighted by Crippen LogP contribution is -2.23. The second-order valence-electron chi connectivity index (χ2n) is 3.46. The quantitative estimate of drug-likeness (QED) is 0.685. The van der Waals surface area contributed by atoms with Crippen LogP contribution >= 0.6 is 0 Å². The van der Waals surface area contributed by atoms with Gasteiger partial charge in [0.2, 0.25) is 0 Å². The van der Waals surface area contributed by atoms with Gasteiger partial charge >= 0.3 is 0 Å². The molecule has 0 aromatic carbocycles. The number of H-pyrrole nitrogens is 1. The van der Waals surface area contributed by atoms with Crippen LogP contribution in [0.1, 0.15) is 24.1 Å². The molecule has 0 saturated heterocycles. The van der Waals surface area contributed by atoms with Crippen LogP contribution in [0.5, 0.6) is 0 Å². The van der Waals surface area contributed by atoms with Gasteiger partial charge in [-0.05, 0) is 25.7 Å². The van der Waals surface area contributed by atoms with E-state index in [1.54, 1.807) is 0 Å². The van der Waals surface area contributed by atoms with Gasteiger partial charge < -0.3 is 0 Å². The molecule has 0 bridgehead atoms. The lowest BCUT2D eigenvalue weighted by molar-refractivity contribution is 0.633. The van der Waals surface area contributed by atoms with Gasteiger partial charge in [0.1, 0.15) is 0 Å². The van der Waals surface area contributed by atoms with Gasteiger partial charge in [0.15, 0.2) is 5.16 Å². The van der Waals surface area contributed by atoms with E-state index < -0.39 is 10.8 Å². The maximum absolute atomic E-state index is 11.6. The summed E-state index contributed by atoms with van der Waals surface area (Å²) in [6.07, 6.45) is 5.27. The maximum Gasteiger partial charge on any atom is 0.255 e. The number of aromatic amines is 1. The fourth-order valence-electron chi connectivity index (χ4n) is 1.72. The van der Waals surface area contributed by atoms with E-state index in [0.29, 0.717) is 5.16 Å². The van der Waals surface area contributed by atoms with Gasteiger partial charge in [0, 0.05) is 11.8 Å². The topological polar surface area (TPSA) is 62.8 Å². The van der Waals surface area contributed by atoms with E-state index in [2.05, 4.69) is 9.97 Å². The van der Waals surface area contributed by atoms with Gasteiger partial charge in [-0.2, -0.15) is 0 Å². The average Bonchev–Trinajstić information content (AvgIpc) is 2.17. The number of nitrogens with zero attached hydrogens (tertiary/aromatic N) is 1. The van der Waals surface area contributed by atoms with E-state index in [1.807, 2.05) is 0 Å². The van der Waals surface area contributed by atoms with Crippen molar-refractivity contribution in [1.29, 1.82) is 0 Å². The zero-order valence-electron chi connectivity index (χ0n) is 8.00. The second kappa shape index (κ2) is 3.65. The summed E-state index contributed by atoms with van der Waals surface area (Å²) in [6, 6.07) is 0. The molecule has 0 saturated carbocycles. The Balaban J connectivity index is 2.57. The van der Waals surface area contributed by atoms with E-state index in [9.17, 15) is 9.00 Å². The summed E-state index contributed by atoms with van der Waals surface area (Å²) >= 11 is 0. The molecule has 5 heteroatoms. The molecular weight excluding hydrogens is 200 g/mol. The first kappa shape index (κ1) is 9.58. The fraction of sp³-hybridized carbons (Fsp3) is 0.556. The number of aromatic nitrogens is 2. The number of rotatable bonds is 1. The third kappa shape index (κ3) is 1.64. The Hall–Kier alpha value is -0.970. The minimum Gasteiger partial charge on any atom is -0.299 e. The van der Waals surface area contributed by atoms with E-state index in [4.69, 9.17) is 0 Å². The highest BCUT2D eigenvalue weighted by Crippen LogP contribution is 2.15. The Labute approximate surface area is 84.2 Å². The molecule has 1 N–H and O–H groups in total. The molecule has 0 radical (unpaired) electrons. The van der Waals surface area contributed by atoms with Crippen molar-refractivity contribution < 1.29 is 4.21 Å². The number of nitrogens with one attached hydrogen (secondary N) is 1. The summed E-state index contributed by atoms with van der Waals surface area (Å²) in [5.74, 6) is 0. The molecule has 4 nitrogen and oxygen atoms in total. The first-order valence-corrected chi connectivity index (χ1v) is 6.20. The van der Waals surface area contributed by atoms with E-state index in [-0.39, 0.29) is 5.56 Å². The molecule has 1 unspecified atom stereocenters. The zero-order valence-corrected chi connectivity index (χ0v) is 8.82. The third-order valence-electron chi connectivity index (χ3n) is 2.44. The third-order valence-corrected chi connectivity index (χ3v) is 3.18. The summed E-state index contributed by atoms with van der Waals surface area (Å²) in [5.41, 5.74) is 1.51. The minimum absolute atomic E-state index is 0.111. The lowest BCUT2D eigenvalue weighted by atomic mass is 9.97. The molecule has 76 valence electrons. The van der Waals surface area contributed by atoms with Crippen molar-refractivity contribution in [2.24, 2.45) is 0 Å². The van der Waals surface area contributed by atoms with Gasteiger partial charge in [-0.25, -0.2) is 4.98 Å². The molecule has 1 aromatic rings. The van der Waals surface area contributed by atoms with Crippen molar-refractivity contribution in [2.75, 3.05) is 6.26 Å². The Kier molecular flexibility index (Phi) is 2.50.